The smallest absolute Gasteiger partial charge is 0.173 e. The first-order chi connectivity index (χ1) is 13.1. The molecule has 1 aliphatic heterocycles. The zero-order valence-electron chi connectivity index (χ0n) is 16.4. The van der Waals surface area contributed by atoms with Gasteiger partial charge in [-0.25, -0.2) is 0 Å². The van der Waals surface area contributed by atoms with Crippen LogP contribution in [0.15, 0.2) is 48.5 Å². The normalized spacial score (nSPS) is 15.4. The zero-order valence-corrected chi connectivity index (χ0v) is 17.3. The number of likely N-dealkylation sites (tertiary alicyclic amines) is 1. The lowest BCUT2D eigenvalue weighted by Gasteiger charge is -2.39. The van der Waals surface area contributed by atoms with Crippen molar-refractivity contribution in [2.45, 2.75) is 32.4 Å². The Balaban J connectivity index is 1.77. The quantitative estimate of drug-likeness (QED) is 0.777. The number of rotatable bonds is 5. The van der Waals surface area contributed by atoms with E-state index in [1.165, 1.54) is 11.1 Å². The Morgan fingerprint density at radius 1 is 1.15 bits per heavy atom. The zero-order chi connectivity index (χ0) is 19.2. The minimum absolute atomic E-state index is 0.451. The van der Waals surface area contributed by atoms with Crippen LogP contribution in [0.3, 0.4) is 0 Å². The van der Waals surface area contributed by atoms with Crippen LogP contribution in [0.2, 0.25) is 0 Å². The molecule has 1 aliphatic rings. The number of anilines is 1. The molecule has 1 heterocycles. The highest BCUT2D eigenvalue weighted by Gasteiger charge is 2.25. The average molecular weight is 384 g/mol. The van der Waals surface area contributed by atoms with Crippen molar-refractivity contribution in [3.8, 4) is 5.75 Å². The third kappa shape index (κ3) is 5.21. The number of hydrogen-bond donors (Lipinski definition) is 1. The van der Waals surface area contributed by atoms with Gasteiger partial charge in [0.05, 0.1) is 7.11 Å². The van der Waals surface area contributed by atoms with Crippen LogP contribution in [0.5, 0.6) is 5.75 Å². The Morgan fingerprint density at radius 3 is 2.44 bits per heavy atom. The number of aryl methyl sites for hydroxylation is 1. The maximum absolute atomic E-state index is 5.85. The van der Waals surface area contributed by atoms with Crippen LogP contribution in [0.4, 0.5) is 5.69 Å². The second-order valence-electron chi connectivity index (χ2n) is 7.26. The highest BCUT2D eigenvalue weighted by atomic mass is 32.1. The summed E-state index contributed by atoms with van der Waals surface area (Å²) in [6, 6.07) is 17.0. The molecule has 1 saturated heterocycles. The molecule has 1 N–H and O–H groups in total. The Morgan fingerprint density at radius 2 is 1.81 bits per heavy atom. The second kappa shape index (κ2) is 9.20. The van der Waals surface area contributed by atoms with Crippen molar-refractivity contribution in [1.29, 1.82) is 0 Å². The number of hydrogen-bond acceptors (Lipinski definition) is 3. The molecule has 0 unspecified atom stereocenters. The Bertz CT molecular complexity index is 754. The van der Waals surface area contributed by atoms with E-state index < -0.39 is 0 Å². The molecule has 0 bridgehead atoms. The van der Waals surface area contributed by atoms with Crippen LogP contribution >= 0.6 is 12.2 Å². The van der Waals surface area contributed by atoms with Crippen molar-refractivity contribution >= 4 is 23.0 Å². The number of para-hydroxylation sites is 1. The fraction of sp³-hybridized carbons (Fsp3) is 0.409. The number of piperidine rings is 1. The molecule has 0 spiro atoms. The van der Waals surface area contributed by atoms with E-state index in [1.54, 1.807) is 7.11 Å². The molecule has 0 saturated carbocycles. The Labute approximate surface area is 168 Å². The van der Waals surface area contributed by atoms with Crippen LogP contribution in [-0.2, 0) is 6.54 Å². The van der Waals surface area contributed by atoms with Crippen LogP contribution in [0, 0.1) is 6.92 Å². The number of nitrogens with one attached hydrogen (secondary N) is 1. The topological polar surface area (TPSA) is 27.7 Å². The lowest BCUT2D eigenvalue weighted by atomic mass is 10.0. The molecule has 0 radical (unpaired) electrons. The highest BCUT2D eigenvalue weighted by molar-refractivity contribution is 7.80. The first-order valence-corrected chi connectivity index (χ1v) is 9.92. The van der Waals surface area contributed by atoms with Gasteiger partial charge in [0.15, 0.2) is 5.11 Å². The number of ether oxygens (including phenoxy) is 1. The molecule has 0 atom stereocenters. The summed E-state index contributed by atoms with van der Waals surface area (Å²) in [4.78, 5) is 4.75. The predicted molar refractivity (Wildman–Crippen MR) is 116 cm³/mol. The van der Waals surface area contributed by atoms with Crippen LogP contribution in [-0.4, -0.2) is 48.2 Å². The SMILES string of the molecule is COc1ccc(CN(C(=S)Nc2ccccc2C)C2CCN(C)CC2)cc1. The van der Waals surface area contributed by atoms with Gasteiger partial charge in [0.25, 0.3) is 0 Å². The minimum atomic E-state index is 0.451. The molecule has 144 valence electrons. The van der Waals surface area contributed by atoms with Gasteiger partial charge in [0.2, 0.25) is 0 Å². The van der Waals surface area contributed by atoms with Gasteiger partial charge in [-0.15, -0.1) is 0 Å². The predicted octanol–water partition coefficient (Wildman–Crippen LogP) is 4.30. The molecular formula is C22H29N3OS. The van der Waals surface area contributed by atoms with Gasteiger partial charge in [-0.05, 0) is 81.4 Å². The average Bonchev–Trinajstić information content (AvgIpc) is 2.69. The molecule has 2 aromatic carbocycles. The number of nitrogens with zero attached hydrogens (tertiary/aromatic N) is 2. The summed E-state index contributed by atoms with van der Waals surface area (Å²) in [5.41, 5.74) is 3.52. The van der Waals surface area contributed by atoms with E-state index >= 15 is 0 Å². The summed E-state index contributed by atoms with van der Waals surface area (Å²) in [6.07, 6.45) is 2.25. The molecule has 0 aromatic heterocycles. The highest BCUT2D eigenvalue weighted by Crippen LogP contribution is 2.22. The number of benzene rings is 2. The van der Waals surface area contributed by atoms with E-state index in [9.17, 15) is 0 Å². The molecule has 2 aromatic rings. The van der Waals surface area contributed by atoms with Gasteiger partial charge in [0.1, 0.15) is 5.75 Å². The van der Waals surface area contributed by atoms with Gasteiger partial charge >= 0.3 is 0 Å². The van der Waals surface area contributed by atoms with Crippen LogP contribution < -0.4 is 10.1 Å². The standard InChI is InChI=1S/C22H29N3OS/c1-17-6-4-5-7-21(17)23-22(27)25(19-12-14-24(2)15-13-19)16-18-8-10-20(26-3)11-9-18/h4-11,19H,12-16H2,1-3H3,(H,23,27). The van der Waals surface area contributed by atoms with Crippen molar-refractivity contribution in [3.63, 3.8) is 0 Å². The van der Waals surface area contributed by atoms with E-state index in [0.717, 1.165) is 49.0 Å². The van der Waals surface area contributed by atoms with Crippen molar-refractivity contribution in [1.82, 2.24) is 9.80 Å². The molecule has 27 heavy (non-hydrogen) atoms. The summed E-state index contributed by atoms with van der Waals surface area (Å²) in [5.74, 6) is 0.880. The number of thiocarbonyl (C=S) groups is 1. The van der Waals surface area contributed by atoms with Crippen molar-refractivity contribution in [2.24, 2.45) is 0 Å². The third-order valence-electron chi connectivity index (χ3n) is 5.29. The first-order valence-electron chi connectivity index (χ1n) is 9.51. The molecule has 5 heteroatoms. The van der Waals surface area contributed by atoms with Gasteiger partial charge in [0, 0.05) is 18.3 Å². The fourth-order valence-electron chi connectivity index (χ4n) is 3.50. The summed E-state index contributed by atoms with van der Waals surface area (Å²) in [7, 11) is 3.88. The first kappa shape index (κ1) is 19.6. The van der Waals surface area contributed by atoms with Crippen molar-refractivity contribution in [2.75, 3.05) is 32.6 Å². The van der Waals surface area contributed by atoms with Crippen molar-refractivity contribution in [3.05, 3.63) is 59.7 Å². The van der Waals surface area contributed by atoms with Crippen LogP contribution in [0.1, 0.15) is 24.0 Å². The van der Waals surface area contributed by atoms with Gasteiger partial charge in [-0.2, -0.15) is 0 Å². The lowest BCUT2D eigenvalue weighted by Crippen LogP contribution is -2.47. The third-order valence-corrected chi connectivity index (χ3v) is 5.62. The van der Waals surface area contributed by atoms with Gasteiger partial charge < -0.3 is 19.9 Å². The number of methoxy groups -OCH3 is 1. The Kier molecular flexibility index (Phi) is 6.69. The molecule has 0 amide bonds. The Hall–Kier alpha value is -2.11. The largest absolute Gasteiger partial charge is 0.497 e. The van der Waals surface area contributed by atoms with Crippen molar-refractivity contribution < 1.29 is 4.74 Å². The van der Waals surface area contributed by atoms with E-state index in [4.69, 9.17) is 17.0 Å². The van der Waals surface area contributed by atoms with E-state index in [0.29, 0.717) is 6.04 Å². The van der Waals surface area contributed by atoms with E-state index in [2.05, 4.69) is 59.4 Å². The van der Waals surface area contributed by atoms with E-state index in [-0.39, 0.29) is 0 Å². The summed E-state index contributed by atoms with van der Waals surface area (Å²) < 4.78 is 5.28. The lowest BCUT2D eigenvalue weighted by molar-refractivity contribution is 0.173. The molecular weight excluding hydrogens is 354 g/mol. The molecule has 1 fully saturated rings. The van der Waals surface area contributed by atoms with Gasteiger partial charge in [-0.3, -0.25) is 0 Å². The molecule has 3 rings (SSSR count). The van der Waals surface area contributed by atoms with Crippen LogP contribution in [0.25, 0.3) is 0 Å². The summed E-state index contributed by atoms with van der Waals surface area (Å²) in [5, 5.41) is 4.28. The maximum Gasteiger partial charge on any atom is 0.173 e. The second-order valence-corrected chi connectivity index (χ2v) is 7.64. The summed E-state index contributed by atoms with van der Waals surface area (Å²) in [6.45, 7) is 5.12. The monoisotopic (exact) mass is 383 g/mol. The summed E-state index contributed by atoms with van der Waals surface area (Å²) >= 11 is 5.85. The molecule has 0 aliphatic carbocycles. The van der Waals surface area contributed by atoms with Gasteiger partial charge in [-0.1, -0.05) is 30.3 Å². The fourth-order valence-corrected chi connectivity index (χ4v) is 3.82. The molecule has 4 nitrogen and oxygen atoms in total. The maximum atomic E-state index is 5.85. The minimum Gasteiger partial charge on any atom is -0.497 e. The van der Waals surface area contributed by atoms with E-state index in [1.807, 2.05) is 18.2 Å².